The first-order chi connectivity index (χ1) is 7.67. The summed E-state index contributed by atoms with van der Waals surface area (Å²) in [5.74, 6) is 0. The van der Waals surface area contributed by atoms with E-state index >= 15 is 0 Å². The summed E-state index contributed by atoms with van der Waals surface area (Å²) in [7, 11) is 0. The van der Waals surface area contributed by atoms with E-state index < -0.39 is 4.92 Å². The van der Waals surface area contributed by atoms with E-state index in [1.54, 1.807) is 12.3 Å². The van der Waals surface area contributed by atoms with Gasteiger partial charge >= 0.3 is 0 Å². The number of hydrogen-bond acceptors (Lipinski definition) is 3. The summed E-state index contributed by atoms with van der Waals surface area (Å²) < 4.78 is 1.83. The Morgan fingerprint density at radius 1 is 1.50 bits per heavy atom. The molecule has 16 heavy (non-hydrogen) atoms. The summed E-state index contributed by atoms with van der Waals surface area (Å²) >= 11 is 0. The van der Waals surface area contributed by atoms with Crippen LogP contribution in [-0.2, 0) is 6.54 Å². The standard InChI is InChI=1S/C11H10N2O3/c1-2-12-6-8(7-14)10-4-3-9(13(15)16)5-11(10)12/h3-7H,2H2,1H3. The summed E-state index contributed by atoms with van der Waals surface area (Å²) in [5.41, 5.74) is 1.32. The number of rotatable bonds is 3. The molecule has 1 aromatic carbocycles. The van der Waals surface area contributed by atoms with Crippen LogP contribution in [0.4, 0.5) is 5.69 Å². The maximum Gasteiger partial charge on any atom is 0.271 e. The molecule has 82 valence electrons. The van der Waals surface area contributed by atoms with Gasteiger partial charge in [0, 0.05) is 35.8 Å². The number of fused-ring (bicyclic) bond motifs is 1. The topological polar surface area (TPSA) is 65.1 Å². The molecular weight excluding hydrogens is 208 g/mol. The van der Waals surface area contributed by atoms with Gasteiger partial charge in [0.1, 0.15) is 0 Å². The van der Waals surface area contributed by atoms with Crippen molar-refractivity contribution in [3.8, 4) is 0 Å². The number of benzene rings is 1. The molecule has 0 spiro atoms. The van der Waals surface area contributed by atoms with Crippen LogP contribution in [0.15, 0.2) is 24.4 Å². The molecule has 0 fully saturated rings. The Labute approximate surface area is 91.4 Å². The average Bonchev–Trinajstić information content (AvgIpc) is 2.65. The van der Waals surface area contributed by atoms with Crippen molar-refractivity contribution < 1.29 is 9.72 Å². The highest BCUT2D eigenvalue weighted by Gasteiger charge is 2.12. The van der Waals surface area contributed by atoms with E-state index in [1.807, 2.05) is 11.5 Å². The lowest BCUT2D eigenvalue weighted by Gasteiger charge is -1.99. The Balaban J connectivity index is 2.76. The van der Waals surface area contributed by atoms with Crippen molar-refractivity contribution in [3.05, 3.63) is 40.1 Å². The fourth-order valence-electron chi connectivity index (χ4n) is 1.78. The van der Waals surface area contributed by atoms with E-state index in [0.717, 1.165) is 17.2 Å². The van der Waals surface area contributed by atoms with Gasteiger partial charge in [-0.2, -0.15) is 0 Å². The van der Waals surface area contributed by atoms with E-state index in [0.29, 0.717) is 12.1 Å². The van der Waals surface area contributed by atoms with Crippen LogP contribution >= 0.6 is 0 Å². The van der Waals surface area contributed by atoms with E-state index in [1.165, 1.54) is 12.1 Å². The smallest absolute Gasteiger partial charge is 0.271 e. The molecule has 0 amide bonds. The van der Waals surface area contributed by atoms with Crippen LogP contribution in [0.1, 0.15) is 17.3 Å². The number of hydrogen-bond donors (Lipinski definition) is 0. The van der Waals surface area contributed by atoms with Gasteiger partial charge in [-0.05, 0) is 13.0 Å². The van der Waals surface area contributed by atoms with Crippen LogP contribution in [0.3, 0.4) is 0 Å². The molecule has 1 heterocycles. The maximum absolute atomic E-state index is 10.8. The van der Waals surface area contributed by atoms with Crippen molar-refractivity contribution in [1.29, 1.82) is 0 Å². The molecule has 0 saturated heterocycles. The fourth-order valence-corrected chi connectivity index (χ4v) is 1.78. The highest BCUT2D eigenvalue weighted by Crippen LogP contribution is 2.24. The van der Waals surface area contributed by atoms with Gasteiger partial charge in [0.2, 0.25) is 0 Å². The summed E-state index contributed by atoms with van der Waals surface area (Å²) in [5, 5.41) is 11.4. The SMILES string of the molecule is CCn1cc(C=O)c2ccc([N+](=O)[O-])cc21. The largest absolute Gasteiger partial charge is 0.347 e. The zero-order valence-corrected chi connectivity index (χ0v) is 8.71. The van der Waals surface area contributed by atoms with E-state index in [9.17, 15) is 14.9 Å². The first-order valence-electron chi connectivity index (χ1n) is 4.89. The van der Waals surface area contributed by atoms with Crippen molar-refractivity contribution in [2.24, 2.45) is 0 Å². The van der Waals surface area contributed by atoms with Crippen LogP contribution < -0.4 is 0 Å². The molecule has 0 aliphatic rings. The maximum atomic E-state index is 10.8. The minimum Gasteiger partial charge on any atom is -0.347 e. The zero-order valence-electron chi connectivity index (χ0n) is 8.71. The van der Waals surface area contributed by atoms with Gasteiger partial charge in [-0.3, -0.25) is 14.9 Å². The highest BCUT2D eigenvalue weighted by molar-refractivity contribution is 5.98. The lowest BCUT2D eigenvalue weighted by Crippen LogP contribution is -1.92. The van der Waals surface area contributed by atoms with Crippen LogP contribution in [0, 0.1) is 10.1 Å². The van der Waals surface area contributed by atoms with Gasteiger partial charge in [-0.1, -0.05) is 0 Å². The minimum absolute atomic E-state index is 0.0396. The molecule has 5 nitrogen and oxygen atoms in total. The van der Waals surface area contributed by atoms with Crippen LogP contribution in [0.2, 0.25) is 0 Å². The first-order valence-corrected chi connectivity index (χ1v) is 4.89. The van der Waals surface area contributed by atoms with Crippen LogP contribution in [-0.4, -0.2) is 15.8 Å². The second-order valence-electron chi connectivity index (χ2n) is 3.45. The number of nitrogens with zero attached hydrogens (tertiary/aromatic N) is 2. The number of carbonyl (C=O) groups is 1. The summed E-state index contributed by atoms with van der Waals surface area (Å²) in [6.07, 6.45) is 2.47. The second-order valence-corrected chi connectivity index (χ2v) is 3.45. The highest BCUT2D eigenvalue weighted by atomic mass is 16.6. The molecule has 1 aromatic heterocycles. The molecule has 2 aromatic rings. The predicted octanol–water partition coefficient (Wildman–Crippen LogP) is 2.38. The Morgan fingerprint density at radius 3 is 2.81 bits per heavy atom. The van der Waals surface area contributed by atoms with Gasteiger partial charge in [0.05, 0.1) is 10.4 Å². The third-order valence-electron chi connectivity index (χ3n) is 2.58. The Bertz CT molecular complexity index is 572. The summed E-state index contributed by atoms with van der Waals surface area (Å²) in [6, 6.07) is 4.52. The third-order valence-corrected chi connectivity index (χ3v) is 2.58. The van der Waals surface area contributed by atoms with Gasteiger partial charge in [-0.15, -0.1) is 0 Å². The lowest BCUT2D eigenvalue weighted by molar-refractivity contribution is -0.384. The van der Waals surface area contributed by atoms with Gasteiger partial charge in [0.25, 0.3) is 5.69 Å². The van der Waals surface area contributed by atoms with Crippen LogP contribution in [0.25, 0.3) is 10.9 Å². The van der Waals surface area contributed by atoms with E-state index in [4.69, 9.17) is 0 Å². The second kappa shape index (κ2) is 3.77. The number of carbonyl (C=O) groups excluding carboxylic acids is 1. The number of aromatic nitrogens is 1. The molecule has 2 rings (SSSR count). The molecule has 5 heteroatoms. The molecule has 0 unspecified atom stereocenters. The molecule has 0 aliphatic carbocycles. The van der Waals surface area contributed by atoms with Crippen molar-refractivity contribution in [2.45, 2.75) is 13.5 Å². The van der Waals surface area contributed by atoms with E-state index in [2.05, 4.69) is 0 Å². The van der Waals surface area contributed by atoms with Crippen molar-refractivity contribution in [2.75, 3.05) is 0 Å². The monoisotopic (exact) mass is 218 g/mol. The summed E-state index contributed by atoms with van der Waals surface area (Å²) in [4.78, 5) is 21.0. The number of nitro benzene ring substituents is 1. The molecular formula is C11H10N2O3. The number of nitro groups is 1. The summed E-state index contributed by atoms with van der Waals surface area (Å²) in [6.45, 7) is 2.60. The van der Waals surface area contributed by atoms with Crippen molar-refractivity contribution in [3.63, 3.8) is 0 Å². The Kier molecular flexibility index (Phi) is 2.44. The van der Waals surface area contributed by atoms with Gasteiger partial charge in [0.15, 0.2) is 6.29 Å². The Morgan fingerprint density at radius 2 is 2.25 bits per heavy atom. The number of aldehydes is 1. The third kappa shape index (κ3) is 1.46. The Hall–Kier alpha value is -2.17. The number of aryl methyl sites for hydroxylation is 1. The molecule has 0 radical (unpaired) electrons. The predicted molar refractivity (Wildman–Crippen MR) is 59.7 cm³/mol. The minimum atomic E-state index is -0.437. The van der Waals surface area contributed by atoms with E-state index in [-0.39, 0.29) is 5.69 Å². The average molecular weight is 218 g/mol. The molecule has 0 saturated carbocycles. The van der Waals surface area contributed by atoms with Crippen molar-refractivity contribution >= 4 is 22.9 Å². The molecule has 0 N–H and O–H groups in total. The zero-order chi connectivity index (χ0) is 11.7. The molecule has 0 bridgehead atoms. The number of non-ortho nitro benzene ring substituents is 1. The quantitative estimate of drug-likeness (QED) is 0.451. The molecule has 0 atom stereocenters. The van der Waals surface area contributed by atoms with Crippen molar-refractivity contribution in [1.82, 2.24) is 4.57 Å². The molecule has 0 aliphatic heterocycles. The van der Waals surface area contributed by atoms with Gasteiger partial charge in [-0.25, -0.2) is 0 Å². The first kappa shape index (κ1) is 10.4. The van der Waals surface area contributed by atoms with Crippen LogP contribution in [0.5, 0.6) is 0 Å². The van der Waals surface area contributed by atoms with Gasteiger partial charge < -0.3 is 4.57 Å². The fraction of sp³-hybridized carbons (Fsp3) is 0.182. The lowest BCUT2D eigenvalue weighted by atomic mass is 10.2. The normalized spacial score (nSPS) is 10.6.